The van der Waals surface area contributed by atoms with Crippen molar-refractivity contribution in [2.24, 2.45) is 5.73 Å². The van der Waals surface area contributed by atoms with Crippen molar-refractivity contribution >= 4 is 29.7 Å². The first-order chi connectivity index (χ1) is 13.6. The Morgan fingerprint density at radius 1 is 0.800 bits per heavy atom. The number of esters is 2. The van der Waals surface area contributed by atoms with Gasteiger partial charge in [-0.1, -0.05) is 0 Å². The zero-order chi connectivity index (χ0) is 23.5. The van der Waals surface area contributed by atoms with Gasteiger partial charge < -0.3 is 31.2 Å². The summed E-state index contributed by atoms with van der Waals surface area (Å²) < 4.78 is 10.5. The molecule has 0 unspecified atom stereocenters. The SMILES string of the molecule is CC(C)(C)OC(=O)CC[C@H](NC(=O)CNC(=O)CNC(=O)CN)C(=O)OC(C)(C)C. The third-order valence-corrected chi connectivity index (χ3v) is 3.16. The van der Waals surface area contributed by atoms with Gasteiger partial charge in [-0.3, -0.25) is 19.2 Å². The number of carbonyl (C=O) groups is 5. The van der Waals surface area contributed by atoms with Gasteiger partial charge in [0.2, 0.25) is 17.7 Å². The molecule has 0 fully saturated rings. The third kappa shape index (κ3) is 14.3. The Bertz CT molecular complexity index is 636. The fraction of sp³-hybridized carbons (Fsp3) is 0.737. The Labute approximate surface area is 176 Å². The summed E-state index contributed by atoms with van der Waals surface area (Å²) in [5, 5.41) is 7.00. The van der Waals surface area contributed by atoms with Gasteiger partial charge in [0.1, 0.15) is 17.2 Å². The summed E-state index contributed by atoms with van der Waals surface area (Å²) in [6, 6.07) is -1.10. The van der Waals surface area contributed by atoms with Crippen molar-refractivity contribution < 1.29 is 33.4 Å². The topological polar surface area (TPSA) is 166 Å². The molecule has 172 valence electrons. The zero-order valence-corrected chi connectivity index (χ0v) is 18.5. The van der Waals surface area contributed by atoms with E-state index in [2.05, 4.69) is 16.0 Å². The first-order valence-electron chi connectivity index (χ1n) is 9.60. The summed E-state index contributed by atoms with van der Waals surface area (Å²) in [7, 11) is 0. The molecule has 0 aliphatic rings. The molecule has 0 aromatic rings. The average molecular weight is 431 g/mol. The molecular weight excluding hydrogens is 396 g/mol. The second-order valence-electron chi connectivity index (χ2n) is 8.54. The van der Waals surface area contributed by atoms with Crippen LogP contribution in [0.15, 0.2) is 0 Å². The van der Waals surface area contributed by atoms with Gasteiger partial charge in [0.05, 0.1) is 19.6 Å². The normalized spacial score (nSPS) is 12.4. The monoisotopic (exact) mass is 430 g/mol. The van der Waals surface area contributed by atoms with Gasteiger partial charge in [-0.05, 0) is 48.0 Å². The predicted molar refractivity (Wildman–Crippen MR) is 108 cm³/mol. The zero-order valence-electron chi connectivity index (χ0n) is 18.5. The Morgan fingerprint density at radius 2 is 1.30 bits per heavy atom. The van der Waals surface area contributed by atoms with Crippen LogP contribution in [0.1, 0.15) is 54.4 Å². The van der Waals surface area contributed by atoms with E-state index in [1.54, 1.807) is 41.5 Å². The fourth-order valence-corrected chi connectivity index (χ4v) is 2.01. The predicted octanol–water partition coefficient (Wildman–Crippen LogP) is -0.874. The minimum Gasteiger partial charge on any atom is -0.460 e. The average Bonchev–Trinajstić information content (AvgIpc) is 2.58. The molecule has 1 atom stereocenters. The van der Waals surface area contributed by atoms with Crippen molar-refractivity contribution in [1.29, 1.82) is 0 Å². The molecule has 0 heterocycles. The molecule has 3 amide bonds. The standard InChI is InChI=1S/C19H34N4O7/c1-18(2,3)29-16(27)8-7-12(17(28)30-19(4,5)6)23-15(26)11-22-14(25)10-21-13(24)9-20/h12H,7-11,20H2,1-6H3,(H,21,24)(H,22,25)(H,23,26)/t12-/m0/s1. The maximum atomic E-state index is 12.4. The van der Waals surface area contributed by atoms with E-state index in [1.165, 1.54) is 0 Å². The highest BCUT2D eigenvalue weighted by atomic mass is 16.6. The summed E-state index contributed by atoms with van der Waals surface area (Å²) >= 11 is 0. The van der Waals surface area contributed by atoms with Crippen LogP contribution >= 0.6 is 0 Å². The smallest absolute Gasteiger partial charge is 0.329 e. The highest BCUT2D eigenvalue weighted by molar-refractivity contribution is 5.90. The van der Waals surface area contributed by atoms with Crippen LogP contribution in [0.3, 0.4) is 0 Å². The van der Waals surface area contributed by atoms with E-state index in [0.717, 1.165) is 0 Å². The molecule has 11 heteroatoms. The van der Waals surface area contributed by atoms with Gasteiger partial charge in [-0.2, -0.15) is 0 Å². The van der Waals surface area contributed by atoms with E-state index < -0.39 is 53.4 Å². The van der Waals surface area contributed by atoms with Crippen LogP contribution in [0.5, 0.6) is 0 Å². The first-order valence-corrected chi connectivity index (χ1v) is 9.60. The highest BCUT2D eigenvalue weighted by Crippen LogP contribution is 2.13. The molecule has 0 saturated heterocycles. The molecule has 0 rings (SSSR count). The number of carbonyl (C=O) groups excluding carboxylic acids is 5. The van der Waals surface area contributed by atoms with Gasteiger partial charge in [0.15, 0.2) is 0 Å². The second kappa shape index (κ2) is 12.1. The number of amides is 3. The molecule has 30 heavy (non-hydrogen) atoms. The van der Waals surface area contributed by atoms with E-state index in [0.29, 0.717) is 0 Å². The van der Waals surface area contributed by atoms with Crippen molar-refractivity contribution in [2.75, 3.05) is 19.6 Å². The molecule has 0 aliphatic heterocycles. The highest BCUT2D eigenvalue weighted by Gasteiger charge is 2.28. The maximum Gasteiger partial charge on any atom is 0.329 e. The molecule has 0 aromatic heterocycles. The third-order valence-electron chi connectivity index (χ3n) is 3.16. The largest absolute Gasteiger partial charge is 0.460 e. The van der Waals surface area contributed by atoms with Crippen LogP contribution in [0.2, 0.25) is 0 Å². The molecule has 0 saturated carbocycles. The molecular formula is C19H34N4O7. The lowest BCUT2D eigenvalue weighted by molar-refractivity contribution is -0.160. The number of hydrogen-bond donors (Lipinski definition) is 4. The number of nitrogens with two attached hydrogens (primary N) is 1. The summed E-state index contributed by atoms with van der Waals surface area (Å²) in [6.07, 6.45) is -0.144. The van der Waals surface area contributed by atoms with Crippen molar-refractivity contribution in [3.8, 4) is 0 Å². The van der Waals surface area contributed by atoms with Gasteiger partial charge >= 0.3 is 11.9 Å². The fourth-order valence-electron chi connectivity index (χ4n) is 2.01. The Hall–Kier alpha value is -2.69. The van der Waals surface area contributed by atoms with Crippen molar-refractivity contribution in [3.05, 3.63) is 0 Å². The lowest BCUT2D eigenvalue weighted by Gasteiger charge is -2.25. The van der Waals surface area contributed by atoms with Crippen molar-refractivity contribution in [3.63, 3.8) is 0 Å². The lowest BCUT2D eigenvalue weighted by atomic mass is 10.1. The minimum absolute atomic E-state index is 0.0317. The van der Waals surface area contributed by atoms with Crippen molar-refractivity contribution in [1.82, 2.24) is 16.0 Å². The Morgan fingerprint density at radius 3 is 1.80 bits per heavy atom. The minimum atomic E-state index is -1.10. The Balaban J connectivity index is 4.80. The molecule has 0 bridgehead atoms. The number of rotatable bonds is 10. The maximum absolute atomic E-state index is 12.4. The van der Waals surface area contributed by atoms with E-state index in [4.69, 9.17) is 15.2 Å². The second-order valence-corrected chi connectivity index (χ2v) is 8.54. The number of ether oxygens (including phenoxy) is 2. The van der Waals surface area contributed by atoms with E-state index in [9.17, 15) is 24.0 Å². The van der Waals surface area contributed by atoms with Crippen LogP contribution in [-0.2, 0) is 33.4 Å². The molecule has 0 radical (unpaired) electrons. The molecule has 5 N–H and O–H groups in total. The molecule has 0 aliphatic carbocycles. The van der Waals surface area contributed by atoms with Gasteiger partial charge in [-0.15, -0.1) is 0 Å². The van der Waals surface area contributed by atoms with E-state index in [1.807, 2.05) is 0 Å². The van der Waals surface area contributed by atoms with Crippen molar-refractivity contribution in [2.45, 2.75) is 71.6 Å². The summed E-state index contributed by atoms with van der Waals surface area (Å²) in [4.78, 5) is 59.1. The number of hydrogen-bond acceptors (Lipinski definition) is 8. The van der Waals surface area contributed by atoms with Crippen LogP contribution < -0.4 is 21.7 Å². The van der Waals surface area contributed by atoms with Crippen LogP contribution in [0.25, 0.3) is 0 Å². The van der Waals surface area contributed by atoms with Crippen LogP contribution in [-0.4, -0.2) is 66.5 Å². The molecule has 11 nitrogen and oxygen atoms in total. The quantitative estimate of drug-likeness (QED) is 0.324. The van der Waals surface area contributed by atoms with Crippen LogP contribution in [0.4, 0.5) is 0 Å². The lowest BCUT2D eigenvalue weighted by Crippen LogP contribution is -2.49. The number of nitrogens with one attached hydrogen (secondary N) is 3. The van der Waals surface area contributed by atoms with Gasteiger partial charge in [0.25, 0.3) is 0 Å². The summed E-state index contributed by atoms with van der Waals surface area (Å²) in [5.41, 5.74) is 3.64. The van der Waals surface area contributed by atoms with E-state index in [-0.39, 0.29) is 25.9 Å². The van der Waals surface area contributed by atoms with Gasteiger partial charge in [-0.25, -0.2) is 4.79 Å². The first kappa shape index (κ1) is 27.3. The summed E-state index contributed by atoms with van der Waals surface area (Å²) in [6.45, 7) is 9.15. The molecule has 0 aromatic carbocycles. The Kier molecular flexibility index (Phi) is 11.0. The van der Waals surface area contributed by atoms with Crippen LogP contribution in [0, 0.1) is 0 Å². The molecule has 0 spiro atoms. The van der Waals surface area contributed by atoms with Gasteiger partial charge in [0, 0.05) is 6.42 Å². The van der Waals surface area contributed by atoms with E-state index >= 15 is 0 Å². The summed E-state index contributed by atoms with van der Waals surface area (Å²) in [5.74, 6) is -3.00.